The Morgan fingerprint density at radius 2 is 1.92 bits per heavy atom. The molecule has 1 N–H and O–H groups in total. The number of esters is 1. The molecule has 3 heterocycles. The largest absolute Gasteiger partial charge is 0.461 e. The fourth-order valence-corrected chi connectivity index (χ4v) is 4.07. The van der Waals surface area contributed by atoms with Crippen LogP contribution in [0.15, 0.2) is 34.9 Å². The summed E-state index contributed by atoms with van der Waals surface area (Å²) in [6, 6.07) is 6.76. The van der Waals surface area contributed by atoms with Gasteiger partial charge in [-0.3, -0.25) is 0 Å². The summed E-state index contributed by atoms with van der Waals surface area (Å²) >= 11 is 0. The molecular formula is C25H27F3N4O4. The molecule has 3 aromatic rings. The number of aromatic nitrogens is 3. The summed E-state index contributed by atoms with van der Waals surface area (Å²) in [5.74, 6) is 0.656. The molecule has 11 heteroatoms. The number of hydrogen-bond donors (Lipinski definition) is 1. The van der Waals surface area contributed by atoms with Crippen LogP contribution >= 0.6 is 0 Å². The van der Waals surface area contributed by atoms with E-state index >= 15 is 0 Å². The normalized spacial score (nSPS) is 18.2. The number of ether oxygens (including phenoxy) is 2. The highest BCUT2D eigenvalue weighted by atomic mass is 19.4. The molecule has 0 saturated carbocycles. The fraction of sp³-hybridized carbons (Fsp3) is 0.440. The van der Waals surface area contributed by atoms with Crippen LogP contribution in [0.2, 0.25) is 0 Å². The van der Waals surface area contributed by atoms with Crippen LogP contribution < -0.4 is 5.32 Å². The number of nitrogens with one attached hydrogen (secondary N) is 1. The van der Waals surface area contributed by atoms with Crippen molar-refractivity contribution in [1.82, 2.24) is 15.1 Å². The first kappa shape index (κ1) is 25.6. The smallest absolute Gasteiger partial charge is 0.416 e. The third-order valence-electron chi connectivity index (χ3n) is 5.93. The Morgan fingerprint density at radius 3 is 2.56 bits per heavy atom. The molecule has 1 fully saturated rings. The van der Waals surface area contributed by atoms with Gasteiger partial charge in [-0.2, -0.15) is 13.2 Å². The van der Waals surface area contributed by atoms with Crippen LogP contribution in [0.5, 0.6) is 0 Å². The van der Waals surface area contributed by atoms with Crippen molar-refractivity contribution < 1.29 is 32.0 Å². The van der Waals surface area contributed by atoms with Crippen molar-refractivity contribution in [3.05, 3.63) is 58.5 Å². The monoisotopic (exact) mass is 504 g/mol. The molecule has 8 nitrogen and oxygen atoms in total. The van der Waals surface area contributed by atoms with Crippen LogP contribution in [0.3, 0.4) is 0 Å². The molecule has 1 aliphatic rings. The van der Waals surface area contributed by atoms with Crippen molar-refractivity contribution in [3.8, 4) is 11.5 Å². The van der Waals surface area contributed by atoms with Gasteiger partial charge in [0.25, 0.3) is 0 Å². The molecule has 2 atom stereocenters. The van der Waals surface area contributed by atoms with Gasteiger partial charge in [-0.1, -0.05) is 17.3 Å². The van der Waals surface area contributed by atoms with Gasteiger partial charge in [0, 0.05) is 18.2 Å². The van der Waals surface area contributed by atoms with Crippen LogP contribution in [0.4, 0.5) is 19.0 Å². The van der Waals surface area contributed by atoms with E-state index < -0.39 is 17.7 Å². The first-order chi connectivity index (χ1) is 17.2. The summed E-state index contributed by atoms with van der Waals surface area (Å²) in [6.45, 7) is 5.75. The number of halogens is 3. The lowest BCUT2D eigenvalue weighted by atomic mass is 9.97. The highest BCUT2D eigenvalue weighted by molar-refractivity contribution is 5.90. The van der Waals surface area contributed by atoms with Gasteiger partial charge in [0.05, 0.1) is 24.4 Å². The van der Waals surface area contributed by atoms with E-state index in [2.05, 4.69) is 20.4 Å². The van der Waals surface area contributed by atoms with Crippen molar-refractivity contribution in [3.63, 3.8) is 0 Å². The van der Waals surface area contributed by atoms with Gasteiger partial charge in [-0.05, 0) is 57.7 Å². The molecule has 0 unspecified atom stereocenters. The number of hydrogen-bond acceptors (Lipinski definition) is 8. The highest BCUT2D eigenvalue weighted by Crippen LogP contribution is 2.34. The van der Waals surface area contributed by atoms with Gasteiger partial charge >= 0.3 is 12.1 Å². The van der Waals surface area contributed by atoms with E-state index in [0.29, 0.717) is 34.9 Å². The van der Waals surface area contributed by atoms with Crippen LogP contribution in [0.25, 0.3) is 11.5 Å². The van der Waals surface area contributed by atoms with E-state index in [1.54, 1.807) is 26.8 Å². The van der Waals surface area contributed by atoms with Crippen molar-refractivity contribution >= 4 is 11.8 Å². The summed E-state index contributed by atoms with van der Waals surface area (Å²) in [6.07, 6.45) is -2.53. The summed E-state index contributed by atoms with van der Waals surface area (Å²) in [7, 11) is 0. The summed E-state index contributed by atoms with van der Waals surface area (Å²) in [4.78, 5) is 21.4. The second-order valence-electron chi connectivity index (χ2n) is 8.59. The second kappa shape index (κ2) is 10.7. The van der Waals surface area contributed by atoms with Gasteiger partial charge in [0.1, 0.15) is 11.6 Å². The van der Waals surface area contributed by atoms with Gasteiger partial charge in [0.2, 0.25) is 0 Å². The zero-order valence-corrected chi connectivity index (χ0v) is 20.2. The minimum atomic E-state index is -4.38. The van der Waals surface area contributed by atoms with Crippen molar-refractivity contribution in [2.45, 2.75) is 58.4 Å². The minimum absolute atomic E-state index is 0.122. The van der Waals surface area contributed by atoms with Crippen molar-refractivity contribution in [1.29, 1.82) is 0 Å². The Morgan fingerprint density at radius 1 is 1.17 bits per heavy atom. The zero-order valence-electron chi connectivity index (χ0n) is 20.2. The first-order valence-electron chi connectivity index (χ1n) is 11.7. The maximum atomic E-state index is 12.9. The Kier molecular flexibility index (Phi) is 7.58. The number of rotatable bonds is 7. The topological polar surface area (TPSA) is 99.4 Å². The average Bonchev–Trinajstić information content (AvgIpc) is 3.29. The molecule has 4 rings (SSSR count). The number of benzene rings is 1. The van der Waals surface area contributed by atoms with E-state index in [0.717, 1.165) is 31.4 Å². The van der Waals surface area contributed by atoms with E-state index in [9.17, 15) is 18.0 Å². The fourth-order valence-electron chi connectivity index (χ4n) is 4.07. The lowest BCUT2D eigenvalue weighted by molar-refractivity contribution is -0.137. The van der Waals surface area contributed by atoms with Crippen LogP contribution in [-0.2, 0) is 15.7 Å². The molecule has 0 radical (unpaired) electrons. The van der Waals surface area contributed by atoms with E-state index in [4.69, 9.17) is 14.0 Å². The standard InChI is InChI=1S/C25H27F3N4O4/c1-4-34-24(33)21-15(3)22(31-23(30-21)19-12-14(2)36-32-19)29-13-18-6-5-7-20(35-18)16-8-10-17(11-9-16)25(26,27)28/h8-12,18,20H,4-7,13H2,1-3H3,(H,29,30,31)/t18-,20+/m1/s1. The minimum Gasteiger partial charge on any atom is -0.461 e. The third kappa shape index (κ3) is 5.84. The van der Waals surface area contributed by atoms with Gasteiger partial charge in [0.15, 0.2) is 17.2 Å². The number of anilines is 1. The lowest BCUT2D eigenvalue weighted by Crippen LogP contribution is -2.29. The van der Waals surface area contributed by atoms with Gasteiger partial charge < -0.3 is 19.3 Å². The number of alkyl halides is 3. The number of nitrogens with zero attached hydrogens (tertiary/aromatic N) is 3. The Labute approximate surface area is 206 Å². The zero-order chi connectivity index (χ0) is 25.9. The molecule has 0 aliphatic carbocycles. The molecule has 0 spiro atoms. The summed E-state index contributed by atoms with van der Waals surface area (Å²) < 4.78 is 55.1. The van der Waals surface area contributed by atoms with E-state index in [-0.39, 0.29) is 30.3 Å². The molecule has 1 aromatic carbocycles. The molecular weight excluding hydrogens is 477 g/mol. The predicted octanol–water partition coefficient (Wildman–Crippen LogP) is 5.67. The molecule has 36 heavy (non-hydrogen) atoms. The molecule has 192 valence electrons. The first-order valence-corrected chi connectivity index (χ1v) is 11.7. The average molecular weight is 505 g/mol. The molecule has 1 aliphatic heterocycles. The Hall–Kier alpha value is -3.47. The van der Waals surface area contributed by atoms with Crippen LogP contribution in [-0.4, -0.2) is 40.3 Å². The van der Waals surface area contributed by atoms with Crippen LogP contribution in [0.1, 0.15) is 65.2 Å². The Balaban J connectivity index is 1.50. The molecule has 0 amide bonds. The third-order valence-corrected chi connectivity index (χ3v) is 5.93. The number of aryl methyl sites for hydroxylation is 1. The maximum Gasteiger partial charge on any atom is 0.416 e. The lowest BCUT2D eigenvalue weighted by Gasteiger charge is -2.31. The van der Waals surface area contributed by atoms with Gasteiger partial charge in [-0.25, -0.2) is 14.8 Å². The second-order valence-corrected chi connectivity index (χ2v) is 8.59. The highest BCUT2D eigenvalue weighted by Gasteiger charge is 2.31. The van der Waals surface area contributed by atoms with Gasteiger partial charge in [-0.15, -0.1) is 0 Å². The van der Waals surface area contributed by atoms with Crippen LogP contribution in [0, 0.1) is 13.8 Å². The van der Waals surface area contributed by atoms with E-state index in [1.165, 1.54) is 12.1 Å². The molecule has 1 saturated heterocycles. The quantitative estimate of drug-likeness (QED) is 0.411. The predicted molar refractivity (Wildman–Crippen MR) is 124 cm³/mol. The summed E-state index contributed by atoms with van der Waals surface area (Å²) in [5, 5.41) is 7.19. The Bertz CT molecular complexity index is 1210. The van der Waals surface area contributed by atoms with Crippen molar-refractivity contribution in [2.24, 2.45) is 0 Å². The SMILES string of the molecule is CCOC(=O)c1nc(-c2cc(C)on2)nc(NC[C@H]2CCC[C@@H](c3ccc(C(F)(F)F)cc3)O2)c1C. The number of carbonyl (C=O) groups excluding carboxylic acids is 1. The maximum absolute atomic E-state index is 12.9. The number of carbonyl (C=O) groups is 1. The molecule has 0 bridgehead atoms. The molecule has 2 aromatic heterocycles. The van der Waals surface area contributed by atoms with Crippen molar-refractivity contribution in [2.75, 3.05) is 18.5 Å². The van der Waals surface area contributed by atoms with E-state index in [1.807, 2.05) is 0 Å². The summed E-state index contributed by atoms with van der Waals surface area (Å²) in [5.41, 5.74) is 1.05.